The fourth-order valence-corrected chi connectivity index (χ4v) is 1.79. The molecular weight excluding hydrogens is 256 g/mol. The predicted octanol–water partition coefficient (Wildman–Crippen LogP) is 3.30. The molecule has 0 aliphatic carbocycles. The third kappa shape index (κ3) is 4.18. The van der Waals surface area contributed by atoms with Crippen molar-refractivity contribution in [3.05, 3.63) is 36.1 Å². The predicted molar refractivity (Wildman–Crippen MR) is 77.0 cm³/mol. The van der Waals surface area contributed by atoms with Crippen molar-refractivity contribution < 1.29 is 18.7 Å². The number of hydrogen-bond acceptors (Lipinski definition) is 4. The maximum absolute atomic E-state index is 11.9. The molecule has 2 rings (SSSR count). The lowest BCUT2D eigenvalue weighted by atomic mass is 10.2. The van der Waals surface area contributed by atoms with Crippen LogP contribution in [0.4, 0.5) is 0 Å². The van der Waals surface area contributed by atoms with E-state index in [0.717, 1.165) is 11.0 Å². The van der Waals surface area contributed by atoms with Crippen molar-refractivity contribution in [1.29, 1.82) is 0 Å². The summed E-state index contributed by atoms with van der Waals surface area (Å²) in [4.78, 5) is 11.9. The van der Waals surface area contributed by atoms with Crippen molar-refractivity contribution in [3.8, 4) is 0 Å². The molecule has 0 atom stereocenters. The summed E-state index contributed by atoms with van der Waals surface area (Å²) in [6.07, 6.45) is 0. The number of Topliss-reactive ketones (excluding diaryl/α,β-unsaturated/α-hetero) is 1. The van der Waals surface area contributed by atoms with Crippen LogP contribution in [0.25, 0.3) is 11.0 Å². The Balaban J connectivity index is 1.74. The second-order valence-corrected chi connectivity index (χ2v) is 5.09. The highest BCUT2D eigenvalue weighted by atomic mass is 16.5. The smallest absolute Gasteiger partial charge is 0.223 e. The van der Waals surface area contributed by atoms with Crippen LogP contribution < -0.4 is 0 Å². The summed E-state index contributed by atoms with van der Waals surface area (Å²) in [5.41, 5.74) is 0.719. The van der Waals surface area contributed by atoms with Crippen molar-refractivity contribution in [2.24, 2.45) is 5.92 Å². The fourth-order valence-electron chi connectivity index (χ4n) is 1.79. The number of ether oxygens (including phenoxy) is 2. The Hall–Kier alpha value is -1.65. The van der Waals surface area contributed by atoms with Crippen molar-refractivity contribution in [3.63, 3.8) is 0 Å². The minimum atomic E-state index is -0.148. The molecule has 0 amide bonds. The van der Waals surface area contributed by atoms with Crippen LogP contribution >= 0.6 is 0 Å². The second-order valence-electron chi connectivity index (χ2n) is 5.09. The van der Waals surface area contributed by atoms with Gasteiger partial charge in [-0.3, -0.25) is 4.79 Å². The van der Waals surface area contributed by atoms with E-state index in [1.54, 1.807) is 6.07 Å². The molecule has 0 saturated heterocycles. The van der Waals surface area contributed by atoms with Gasteiger partial charge in [0, 0.05) is 12.0 Å². The summed E-state index contributed by atoms with van der Waals surface area (Å²) in [7, 11) is 0. The summed E-state index contributed by atoms with van der Waals surface area (Å²) >= 11 is 0. The van der Waals surface area contributed by atoms with E-state index in [1.165, 1.54) is 0 Å². The highest BCUT2D eigenvalue weighted by molar-refractivity contribution is 5.98. The first kappa shape index (κ1) is 14.8. The molecule has 0 radical (unpaired) electrons. The van der Waals surface area contributed by atoms with Gasteiger partial charge in [0.25, 0.3) is 0 Å². The molecule has 0 N–H and O–H groups in total. The van der Waals surface area contributed by atoms with Crippen LogP contribution in [0.1, 0.15) is 24.4 Å². The van der Waals surface area contributed by atoms with E-state index in [1.807, 2.05) is 24.3 Å². The average molecular weight is 276 g/mol. The molecule has 1 aromatic carbocycles. The first-order valence-electron chi connectivity index (χ1n) is 6.84. The third-order valence-electron chi connectivity index (χ3n) is 2.76. The van der Waals surface area contributed by atoms with Crippen molar-refractivity contribution in [1.82, 2.24) is 0 Å². The van der Waals surface area contributed by atoms with E-state index in [-0.39, 0.29) is 12.4 Å². The Morgan fingerprint density at radius 3 is 2.70 bits per heavy atom. The van der Waals surface area contributed by atoms with E-state index in [2.05, 4.69) is 13.8 Å². The summed E-state index contributed by atoms with van der Waals surface area (Å²) in [6, 6.07) is 9.29. The van der Waals surface area contributed by atoms with Gasteiger partial charge in [0.2, 0.25) is 5.78 Å². The van der Waals surface area contributed by atoms with Crippen LogP contribution in [0.3, 0.4) is 0 Å². The minimum Gasteiger partial charge on any atom is -0.453 e. The molecule has 0 fully saturated rings. The Kier molecular flexibility index (Phi) is 5.32. The third-order valence-corrected chi connectivity index (χ3v) is 2.76. The van der Waals surface area contributed by atoms with Gasteiger partial charge in [-0.2, -0.15) is 0 Å². The number of rotatable bonds is 8. The van der Waals surface area contributed by atoms with Gasteiger partial charge in [-0.1, -0.05) is 32.0 Å². The standard InChI is InChI=1S/C16H20O4/c1-12(2)10-18-7-8-19-11-14(17)16-9-13-5-3-4-6-15(13)20-16/h3-6,9,12H,7-8,10-11H2,1-2H3. The molecule has 4 nitrogen and oxygen atoms in total. The van der Waals surface area contributed by atoms with Gasteiger partial charge in [-0.15, -0.1) is 0 Å². The lowest BCUT2D eigenvalue weighted by Crippen LogP contribution is -2.13. The second kappa shape index (κ2) is 7.22. The van der Waals surface area contributed by atoms with Gasteiger partial charge in [-0.05, 0) is 18.1 Å². The number of carbonyl (C=O) groups excluding carboxylic acids is 1. The molecule has 20 heavy (non-hydrogen) atoms. The number of para-hydroxylation sites is 1. The van der Waals surface area contributed by atoms with Crippen LogP contribution in [0.5, 0.6) is 0 Å². The van der Waals surface area contributed by atoms with E-state index in [0.29, 0.717) is 31.5 Å². The number of benzene rings is 1. The fraction of sp³-hybridized carbons (Fsp3) is 0.438. The monoisotopic (exact) mass is 276 g/mol. The van der Waals surface area contributed by atoms with Gasteiger partial charge in [0.1, 0.15) is 12.2 Å². The Morgan fingerprint density at radius 2 is 1.95 bits per heavy atom. The van der Waals surface area contributed by atoms with E-state index < -0.39 is 0 Å². The summed E-state index contributed by atoms with van der Waals surface area (Å²) in [5.74, 6) is 0.700. The van der Waals surface area contributed by atoms with Crippen molar-refractivity contribution in [2.75, 3.05) is 26.4 Å². The average Bonchev–Trinajstić information content (AvgIpc) is 2.86. The molecule has 108 valence electrons. The largest absolute Gasteiger partial charge is 0.453 e. The summed E-state index contributed by atoms with van der Waals surface area (Å²) < 4.78 is 16.1. The number of furan rings is 1. The van der Waals surface area contributed by atoms with Crippen LogP contribution in [0, 0.1) is 5.92 Å². The molecule has 1 aromatic heterocycles. The van der Waals surface area contributed by atoms with Gasteiger partial charge >= 0.3 is 0 Å². The van der Waals surface area contributed by atoms with E-state index in [4.69, 9.17) is 13.9 Å². The molecular formula is C16H20O4. The Bertz CT molecular complexity index is 523. The topological polar surface area (TPSA) is 48.7 Å². The molecule has 0 unspecified atom stereocenters. The summed E-state index contributed by atoms with van der Waals surface area (Å²) in [5, 5.41) is 0.927. The molecule has 0 aliphatic heterocycles. The number of carbonyl (C=O) groups is 1. The highest BCUT2D eigenvalue weighted by Gasteiger charge is 2.12. The van der Waals surface area contributed by atoms with Crippen LogP contribution in [0.2, 0.25) is 0 Å². The molecule has 0 spiro atoms. The normalized spacial score (nSPS) is 11.3. The lowest BCUT2D eigenvalue weighted by molar-refractivity contribution is 0.0355. The van der Waals surface area contributed by atoms with Gasteiger partial charge < -0.3 is 13.9 Å². The minimum absolute atomic E-state index is 0.0187. The van der Waals surface area contributed by atoms with Crippen LogP contribution in [0.15, 0.2) is 34.7 Å². The van der Waals surface area contributed by atoms with Gasteiger partial charge in [0.15, 0.2) is 5.76 Å². The first-order valence-corrected chi connectivity index (χ1v) is 6.84. The molecule has 0 bridgehead atoms. The van der Waals surface area contributed by atoms with Crippen molar-refractivity contribution >= 4 is 16.8 Å². The molecule has 4 heteroatoms. The van der Waals surface area contributed by atoms with Gasteiger partial charge in [0.05, 0.1) is 13.2 Å². The molecule has 1 heterocycles. The van der Waals surface area contributed by atoms with E-state index in [9.17, 15) is 4.79 Å². The van der Waals surface area contributed by atoms with Gasteiger partial charge in [-0.25, -0.2) is 0 Å². The zero-order chi connectivity index (χ0) is 14.4. The van der Waals surface area contributed by atoms with E-state index >= 15 is 0 Å². The zero-order valence-electron chi connectivity index (χ0n) is 11.9. The number of hydrogen-bond donors (Lipinski definition) is 0. The zero-order valence-corrected chi connectivity index (χ0v) is 11.9. The van der Waals surface area contributed by atoms with Crippen LogP contribution in [-0.4, -0.2) is 32.2 Å². The number of fused-ring (bicyclic) bond motifs is 1. The first-order chi connectivity index (χ1) is 9.66. The Labute approximate surface area is 118 Å². The molecule has 2 aromatic rings. The van der Waals surface area contributed by atoms with Crippen molar-refractivity contribution in [2.45, 2.75) is 13.8 Å². The summed E-state index contributed by atoms with van der Waals surface area (Å²) in [6.45, 7) is 5.83. The molecule has 0 saturated carbocycles. The Morgan fingerprint density at radius 1 is 1.20 bits per heavy atom. The quantitative estimate of drug-likeness (QED) is 0.548. The highest BCUT2D eigenvalue weighted by Crippen LogP contribution is 2.19. The maximum atomic E-state index is 11.9. The SMILES string of the molecule is CC(C)COCCOCC(=O)c1cc2ccccc2o1. The number of ketones is 1. The lowest BCUT2D eigenvalue weighted by Gasteiger charge is -2.06. The molecule has 0 aliphatic rings. The maximum Gasteiger partial charge on any atom is 0.223 e. The van der Waals surface area contributed by atoms with Crippen LogP contribution in [-0.2, 0) is 9.47 Å².